The predicted octanol–water partition coefficient (Wildman–Crippen LogP) is 1.54. The zero-order valence-electron chi connectivity index (χ0n) is 11.8. The maximum atomic E-state index is 11.5. The number of nitrogens with one attached hydrogen (secondary N) is 3. The number of carbonyl (C=O) groups excluding carboxylic acids is 3. The summed E-state index contributed by atoms with van der Waals surface area (Å²) in [6.45, 7) is 5.08. The van der Waals surface area contributed by atoms with E-state index in [1.54, 1.807) is 38.1 Å². The topological polar surface area (TPSA) is 87.3 Å². The summed E-state index contributed by atoms with van der Waals surface area (Å²) in [5, 5.41) is 7.63. The minimum absolute atomic E-state index is 0.0142. The van der Waals surface area contributed by atoms with Gasteiger partial charge in [0.05, 0.1) is 6.54 Å². The third-order valence-corrected chi connectivity index (χ3v) is 2.42. The van der Waals surface area contributed by atoms with Gasteiger partial charge in [0.1, 0.15) is 0 Å². The van der Waals surface area contributed by atoms with E-state index in [9.17, 15) is 14.4 Å². The Morgan fingerprint density at radius 2 is 1.70 bits per heavy atom. The molecule has 3 N–H and O–H groups in total. The molecule has 0 unspecified atom stereocenters. The quantitative estimate of drug-likeness (QED) is 0.712. The molecule has 1 aromatic rings. The fourth-order valence-corrected chi connectivity index (χ4v) is 1.47. The van der Waals surface area contributed by atoms with Crippen LogP contribution in [0.15, 0.2) is 24.3 Å². The Morgan fingerprint density at radius 1 is 1.10 bits per heavy atom. The molecule has 0 saturated carbocycles. The molecule has 3 amide bonds. The standard InChI is InChI=1S/C14H19N3O3/c1-9(2)16-14(20)17-13(19)8-15-12-6-4-11(5-7-12)10(3)18/h4-7,9,15H,8H2,1-3H3,(H2,16,17,19,20). The minimum Gasteiger partial charge on any atom is -0.376 e. The lowest BCUT2D eigenvalue weighted by Crippen LogP contribution is -2.44. The highest BCUT2D eigenvalue weighted by atomic mass is 16.2. The number of Topliss-reactive ketones (excluding diaryl/α,β-unsaturated/α-hetero) is 1. The molecular formula is C14H19N3O3. The predicted molar refractivity (Wildman–Crippen MR) is 76.7 cm³/mol. The van der Waals surface area contributed by atoms with Crippen molar-refractivity contribution in [1.29, 1.82) is 0 Å². The number of ketones is 1. The Morgan fingerprint density at radius 3 is 2.20 bits per heavy atom. The van der Waals surface area contributed by atoms with Crippen molar-refractivity contribution >= 4 is 23.4 Å². The van der Waals surface area contributed by atoms with E-state index in [4.69, 9.17) is 0 Å². The van der Waals surface area contributed by atoms with Gasteiger partial charge in [-0.1, -0.05) is 0 Å². The van der Waals surface area contributed by atoms with Crippen LogP contribution >= 0.6 is 0 Å². The van der Waals surface area contributed by atoms with Gasteiger partial charge in [-0.3, -0.25) is 14.9 Å². The van der Waals surface area contributed by atoms with Crippen LogP contribution in [0.5, 0.6) is 0 Å². The second-order valence-corrected chi connectivity index (χ2v) is 4.66. The van der Waals surface area contributed by atoms with Crippen molar-refractivity contribution in [1.82, 2.24) is 10.6 Å². The number of hydrogen-bond donors (Lipinski definition) is 3. The van der Waals surface area contributed by atoms with Gasteiger partial charge in [0.2, 0.25) is 5.91 Å². The maximum absolute atomic E-state index is 11.5. The van der Waals surface area contributed by atoms with Gasteiger partial charge in [-0.2, -0.15) is 0 Å². The summed E-state index contributed by atoms with van der Waals surface area (Å²) >= 11 is 0. The molecule has 0 fully saturated rings. The van der Waals surface area contributed by atoms with Crippen molar-refractivity contribution in [2.75, 3.05) is 11.9 Å². The Kier molecular flexibility index (Phi) is 5.71. The van der Waals surface area contributed by atoms with Gasteiger partial charge < -0.3 is 10.6 Å². The molecule has 0 aliphatic carbocycles. The Balaban J connectivity index is 2.41. The fourth-order valence-electron chi connectivity index (χ4n) is 1.47. The molecule has 108 valence electrons. The van der Waals surface area contributed by atoms with Crippen molar-refractivity contribution in [3.63, 3.8) is 0 Å². The molecule has 0 aromatic heterocycles. The molecule has 0 radical (unpaired) electrons. The van der Waals surface area contributed by atoms with Gasteiger partial charge >= 0.3 is 6.03 Å². The first-order chi connectivity index (χ1) is 9.38. The van der Waals surface area contributed by atoms with Crippen molar-refractivity contribution in [2.45, 2.75) is 26.8 Å². The summed E-state index contributed by atoms with van der Waals surface area (Å²) in [5.74, 6) is -0.446. The lowest BCUT2D eigenvalue weighted by Gasteiger charge is -2.10. The van der Waals surface area contributed by atoms with E-state index < -0.39 is 11.9 Å². The van der Waals surface area contributed by atoms with Gasteiger partial charge in [-0.05, 0) is 45.0 Å². The molecule has 6 nitrogen and oxygen atoms in total. The van der Waals surface area contributed by atoms with Crippen LogP contribution in [0, 0.1) is 0 Å². The summed E-state index contributed by atoms with van der Waals surface area (Å²) in [7, 11) is 0. The molecule has 0 aliphatic heterocycles. The zero-order chi connectivity index (χ0) is 15.1. The Bertz CT molecular complexity index is 495. The Labute approximate surface area is 117 Å². The van der Waals surface area contributed by atoms with E-state index in [0.717, 1.165) is 0 Å². The van der Waals surface area contributed by atoms with E-state index in [1.807, 2.05) is 0 Å². The average molecular weight is 277 g/mol. The molecule has 0 spiro atoms. The van der Waals surface area contributed by atoms with Crippen LogP contribution < -0.4 is 16.0 Å². The van der Waals surface area contributed by atoms with Crippen LogP contribution in [-0.2, 0) is 4.79 Å². The third kappa shape index (κ3) is 5.51. The Hall–Kier alpha value is -2.37. The normalized spacial score (nSPS) is 10.0. The van der Waals surface area contributed by atoms with Crippen LogP contribution in [0.4, 0.5) is 10.5 Å². The van der Waals surface area contributed by atoms with E-state index >= 15 is 0 Å². The molecule has 20 heavy (non-hydrogen) atoms. The van der Waals surface area contributed by atoms with Crippen LogP contribution in [-0.4, -0.2) is 30.3 Å². The van der Waals surface area contributed by atoms with Gasteiger partial charge in [0.15, 0.2) is 5.78 Å². The summed E-state index contributed by atoms with van der Waals surface area (Å²) in [6.07, 6.45) is 0. The van der Waals surface area contributed by atoms with Gasteiger partial charge in [0.25, 0.3) is 0 Å². The molecule has 0 saturated heterocycles. The monoisotopic (exact) mass is 277 g/mol. The second kappa shape index (κ2) is 7.28. The summed E-state index contributed by atoms with van der Waals surface area (Å²) in [4.78, 5) is 33.9. The highest BCUT2D eigenvalue weighted by Gasteiger charge is 2.08. The number of urea groups is 1. The van der Waals surface area contributed by atoms with E-state index in [2.05, 4.69) is 16.0 Å². The zero-order valence-corrected chi connectivity index (χ0v) is 11.8. The van der Waals surface area contributed by atoms with Gasteiger partial charge in [0, 0.05) is 17.3 Å². The van der Waals surface area contributed by atoms with Crippen molar-refractivity contribution in [2.24, 2.45) is 0 Å². The first-order valence-electron chi connectivity index (χ1n) is 6.33. The fraction of sp³-hybridized carbons (Fsp3) is 0.357. The molecule has 0 heterocycles. The largest absolute Gasteiger partial charge is 0.376 e. The third-order valence-electron chi connectivity index (χ3n) is 2.42. The van der Waals surface area contributed by atoms with E-state index in [1.165, 1.54) is 6.92 Å². The van der Waals surface area contributed by atoms with Gasteiger partial charge in [-0.25, -0.2) is 4.79 Å². The van der Waals surface area contributed by atoms with Crippen molar-refractivity contribution in [3.8, 4) is 0 Å². The number of benzene rings is 1. The van der Waals surface area contributed by atoms with Crippen LogP contribution in [0.3, 0.4) is 0 Å². The van der Waals surface area contributed by atoms with E-state index in [0.29, 0.717) is 11.3 Å². The average Bonchev–Trinajstić information content (AvgIpc) is 2.35. The first-order valence-corrected chi connectivity index (χ1v) is 6.33. The lowest BCUT2D eigenvalue weighted by atomic mass is 10.1. The number of hydrogen-bond acceptors (Lipinski definition) is 4. The van der Waals surface area contributed by atoms with E-state index in [-0.39, 0.29) is 18.4 Å². The van der Waals surface area contributed by atoms with Gasteiger partial charge in [-0.15, -0.1) is 0 Å². The number of rotatable bonds is 5. The van der Waals surface area contributed by atoms with Crippen molar-refractivity contribution in [3.05, 3.63) is 29.8 Å². The molecule has 6 heteroatoms. The van der Waals surface area contributed by atoms with Crippen molar-refractivity contribution < 1.29 is 14.4 Å². The smallest absolute Gasteiger partial charge is 0.321 e. The molecule has 1 aromatic carbocycles. The number of imide groups is 1. The highest BCUT2D eigenvalue weighted by molar-refractivity contribution is 5.96. The second-order valence-electron chi connectivity index (χ2n) is 4.66. The summed E-state index contributed by atoms with van der Waals surface area (Å²) < 4.78 is 0. The lowest BCUT2D eigenvalue weighted by molar-refractivity contribution is -0.118. The first kappa shape index (κ1) is 15.7. The molecule has 0 bridgehead atoms. The molecule has 0 aliphatic rings. The molecular weight excluding hydrogens is 258 g/mol. The summed E-state index contributed by atoms with van der Waals surface area (Å²) in [6, 6.07) is 6.21. The number of amides is 3. The van der Waals surface area contributed by atoms with Crippen LogP contribution in [0.25, 0.3) is 0 Å². The minimum atomic E-state index is -0.515. The van der Waals surface area contributed by atoms with Crippen LogP contribution in [0.2, 0.25) is 0 Å². The highest BCUT2D eigenvalue weighted by Crippen LogP contribution is 2.09. The SMILES string of the molecule is CC(=O)c1ccc(NCC(=O)NC(=O)NC(C)C)cc1. The maximum Gasteiger partial charge on any atom is 0.321 e. The number of carbonyl (C=O) groups is 3. The van der Waals surface area contributed by atoms with Crippen LogP contribution in [0.1, 0.15) is 31.1 Å². The summed E-state index contributed by atoms with van der Waals surface area (Å²) in [5.41, 5.74) is 1.31. The number of anilines is 1. The molecule has 1 rings (SSSR count). The molecule has 0 atom stereocenters.